The van der Waals surface area contributed by atoms with Gasteiger partial charge in [0, 0.05) is 78.1 Å². The van der Waals surface area contributed by atoms with E-state index in [2.05, 4.69) is 88.4 Å². The smallest absolute Gasteiger partial charge is 0.164 e. The van der Waals surface area contributed by atoms with Crippen LogP contribution in [0.3, 0.4) is 0 Å². The molecule has 0 aliphatic rings. The molecule has 0 amide bonds. The summed E-state index contributed by atoms with van der Waals surface area (Å²) < 4.78 is 2.38. The lowest BCUT2D eigenvalue weighted by Crippen LogP contribution is -2.07. The number of nitrogens with zero attached hydrogens (tertiary/aromatic N) is 7. The van der Waals surface area contributed by atoms with Crippen molar-refractivity contribution in [2.24, 2.45) is 5.73 Å². The van der Waals surface area contributed by atoms with Gasteiger partial charge in [-0.05, 0) is 60.3 Å². The largest absolute Gasteiger partial charge is 0.405 e. The molecule has 9 nitrogen and oxygen atoms in total. The molecule has 68 heavy (non-hydrogen) atoms. The maximum Gasteiger partial charge on any atom is 0.164 e. The van der Waals surface area contributed by atoms with Crippen LogP contribution in [0.25, 0.3) is 112 Å². The van der Waals surface area contributed by atoms with Crippen molar-refractivity contribution in [1.29, 1.82) is 0 Å². The van der Waals surface area contributed by atoms with Gasteiger partial charge in [0.2, 0.25) is 0 Å². The van der Waals surface area contributed by atoms with Crippen LogP contribution in [0.1, 0.15) is 11.4 Å². The fourth-order valence-corrected chi connectivity index (χ4v) is 9.14. The third kappa shape index (κ3) is 7.43. The molecule has 0 aliphatic carbocycles. The first-order valence-corrected chi connectivity index (χ1v) is 22.5. The van der Waals surface area contributed by atoms with E-state index in [4.69, 9.17) is 35.6 Å². The molecule has 0 saturated heterocycles. The predicted octanol–water partition coefficient (Wildman–Crippen LogP) is 13.2. The number of aromatic amines is 1. The van der Waals surface area contributed by atoms with Gasteiger partial charge in [0.25, 0.3) is 0 Å². The Balaban J connectivity index is 1.11. The number of fused-ring (bicyclic) bond motifs is 6. The van der Waals surface area contributed by atoms with Crippen LogP contribution in [0.15, 0.2) is 219 Å². The number of H-pyrrole nitrogens is 1. The number of aromatic nitrogens is 8. The summed E-state index contributed by atoms with van der Waals surface area (Å²) in [5.74, 6) is 3.41. The third-order valence-electron chi connectivity index (χ3n) is 12.4. The predicted molar refractivity (Wildman–Crippen MR) is 276 cm³/mol. The van der Waals surface area contributed by atoms with Crippen LogP contribution < -0.4 is 5.73 Å². The van der Waals surface area contributed by atoms with Crippen LogP contribution >= 0.6 is 0 Å². The van der Waals surface area contributed by atoms with Crippen molar-refractivity contribution in [2.75, 3.05) is 0 Å². The Kier molecular flexibility index (Phi) is 10.2. The molecule has 0 saturated carbocycles. The van der Waals surface area contributed by atoms with E-state index in [0.717, 1.165) is 77.5 Å². The summed E-state index contributed by atoms with van der Waals surface area (Å²) in [4.78, 5) is 34.4. The lowest BCUT2D eigenvalue weighted by atomic mass is 9.98. The van der Waals surface area contributed by atoms with Crippen LogP contribution in [0, 0.1) is 0 Å². The lowest BCUT2D eigenvalue weighted by Gasteiger charge is -2.17. The van der Waals surface area contributed by atoms with Crippen LogP contribution in [0.4, 0.5) is 0 Å². The molecular weight excluding hydrogens is 835 g/mol. The minimum atomic E-state index is 0.408. The van der Waals surface area contributed by atoms with Gasteiger partial charge in [0.15, 0.2) is 34.9 Å². The van der Waals surface area contributed by atoms with E-state index in [1.807, 2.05) is 133 Å². The number of nitrogens with one attached hydrogen (secondary N) is 1. The quantitative estimate of drug-likeness (QED) is 0.131. The van der Waals surface area contributed by atoms with Gasteiger partial charge in [-0.3, -0.25) is 0 Å². The zero-order valence-electron chi connectivity index (χ0n) is 36.7. The van der Waals surface area contributed by atoms with Crippen molar-refractivity contribution in [3.8, 4) is 62.6 Å². The fourth-order valence-electron chi connectivity index (χ4n) is 9.14. The highest BCUT2D eigenvalue weighted by Crippen LogP contribution is 2.39. The average Bonchev–Trinajstić information content (AvgIpc) is 3.94. The summed E-state index contributed by atoms with van der Waals surface area (Å²) in [7, 11) is 0. The fraction of sp³-hybridized carbons (Fsp3) is 0.0169. The number of hydrogen-bond donors (Lipinski definition) is 2. The molecule has 0 fully saturated rings. The number of nitrogens with two attached hydrogens (primary N) is 1. The molecule has 8 aromatic carbocycles. The van der Waals surface area contributed by atoms with E-state index in [1.165, 1.54) is 17.0 Å². The summed E-state index contributed by atoms with van der Waals surface area (Å²) in [6.45, 7) is 0. The standard InChI is InChI=1S/C59H41N9/c60-33-17-26-42(58-64-54(38-18-5-1-6-19-38)62-55(65-58)39-20-7-2-8-21-39)34-44-35-43(59-66-56(40-22-9-3-10-23-40)63-57(67-59)41-24-11-4-12-25-41)31-32-51(44)68-52-30-16-14-28-46(52)48-36-47-45-27-13-15-29-49(45)61-50(47)37-53(48)68/h1-33,35-37,61H,34,60H2/b33-17-,42-26+. The summed E-state index contributed by atoms with van der Waals surface area (Å²) in [5.41, 5.74) is 17.6. The maximum atomic E-state index is 6.11. The normalized spacial score (nSPS) is 12.0. The van der Waals surface area contributed by atoms with E-state index in [1.54, 1.807) is 0 Å². The highest BCUT2D eigenvalue weighted by molar-refractivity contribution is 6.18. The topological polar surface area (TPSA) is 124 Å². The molecule has 0 unspecified atom stereocenters. The molecule has 0 atom stereocenters. The van der Waals surface area contributed by atoms with E-state index >= 15 is 0 Å². The van der Waals surface area contributed by atoms with Gasteiger partial charge in [-0.2, -0.15) is 0 Å². The Morgan fingerprint density at radius 2 is 0.926 bits per heavy atom. The van der Waals surface area contributed by atoms with E-state index in [9.17, 15) is 0 Å². The second kappa shape index (κ2) is 17.2. The monoisotopic (exact) mass is 875 g/mol. The van der Waals surface area contributed by atoms with Crippen molar-refractivity contribution in [2.45, 2.75) is 6.42 Å². The van der Waals surface area contributed by atoms with E-state index < -0.39 is 0 Å². The summed E-state index contributed by atoms with van der Waals surface area (Å²) in [5, 5.41) is 4.69. The third-order valence-corrected chi connectivity index (χ3v) is 12.4. The Hall–Kier alpha value is -9.34. The van der Waals surface area contributed by atoms with Gasteiger partial charge in [-0.1, -0.05) is 164 Å². The van der Waals surface area contributed by atoms with Crippen molar-refractivity contribution in [3.05, 3.63) is 230 Å². The Morgan fingerprint density at radius 3 is 1.50 bits per heavy atom. The second-order valence-electron chi connectivity index (χ2n) is 16.6. The van der Waals surface area contributed by atoms with Crippen LogP contribution in [0.2, 0.25) is 0 Å². The van der Waals surface area contributed by atoms with Crippen molar-refractivity contribution in [1.82, 2.24) is 39.5 Å². The van der Waals surface area contributed by atoms with Gasteiger partial charge < -0.3 is 15.3 Å². The molecule has 4 heterocycles. The highest BCUT2D eigenvalue weighted by atomic mass is 15.0. The number of allylic oxidation sites excluding steroid dienone is 3. The molecule has 3 N–H and O–H groups in total. The number of rotatable bonds is 10. The summed E-state index contributed by atoms with van der Waals surface area (Å²) in [6, 6.07) is 68.4. The van der Waals surface area contributed by atoms with Gasteiger partial charge in [-0.25, -0.2) is 29.9 Å². The number of hydrogen-bond acceptors (Lipinski definition) is 7. The van der Waals surface area contributed by atoms with Crippen molar-refractivity contribution >= 4 is 49.2 Å². The number of benzene rings is 8. The Morgan fingerprint density at radius 1 is 0.426 bits per heavy atom. The minimum Gasteiger partial charge on any atom is -0.405 e. The van der Waals surface area contributed by atoms with Crippen LogP contribution in [0.5, 0.6) is 0 Å². The summed E-state index contributed by atoms with van der Waals surface area (Å²) in [6.07, 6.45) is 5.78. The first kappa shape index (κ1) is 40.2. The molecule has 0 bridgehead atoms. The zero-order chi connectivity index (χ0) is 45.4. The average molecular weight is 876 g/mol. The Bertz CT molecular complexity index is 3760. The van der Waals surface area contributed by atoms with E-state index in [0.29, 0.717) is 41.4 Å². The summed E-state index contributed by atoms with van der Waals surface area (Å²) >= 11 is 0. The number of para-hydroxylation sites is 2. The van der Waals surface area contributed by atoms with Gasteiger partial charge >= 0.3 is 0 Å². The minimum absolute atomic E-state index is 0.408. The van der Waals surface area contributed by atoms with E-state index in [-0.39, 0.29) is 0 Å². The highest BCUT2D eigenvalue weighted by Gasteiger charge is 2.22. The maximum absolute atomic E-state index is 6.11. The molecule has 0 radical (unpaired) electrons. The molecule has 0 spiro atoms. The molecule has 12 aromatic rings. The molecule has 12 rings (SSSR count). The van der Waals surface area contributed by atoms with Gasteiger partial charge in [-0.15, -0.1) is 0 Å². The molecule has 322 valence electrons. The SMILES string of the molecule is N/C=C\C=C(/Cc1cc(-c2nc(-c3ccccc3)nc(-c3ccccc3)n2)ccc1-n1c2ccccc2c2cc3c(cc21)[nH]c1ccccc13)c1nc(-c2ccccc2)nc(-c2ccccc2)n1. The van der Waals surface area contributed by atoms with Gasteiger partial charge in [0.1, 0.15) is 0 Å². The molecular formula is C59H41N9. The zero-order valence-corrected chi connectivity index (χ0v) is 36.7. The first-order valence-electron chi connectivity index (χ1n) is 22.5. The van der Waals surface area contributed by atoms with Gasteiger partial charge in [0.05, 0.1) is 11.0 Å². The van der Waals surface area contributed by atoms with Crippen molar-refractivity contribution < 1.29 is 0 Å². The Labute approximate surface area is 391 Å². The van der Waals surface area contributed by atoms with Crippen LogP contribution in [-0.4, -0.2) is 39.5 Å². The molecule has 4 aromatic heterocycles. The molecule has 0 aliphatic heterocycles. The molecule has 9 heteroatoms. The van der Waals surface area contributed by atoms with Crippen LogP contribution in [-0.2, 0) is 6.42 Å². The first-order chi connectivity index (χ1) is 33.6. The second-order valence-corrected chi connectivity index (χ2v) is 16.6. The lowest BCUT2D eigenvalue weighted by molar-refractivity contribution is 1.01. The van der Waals surface area contributed by atoms with Crippen molar-refractivity contribution in [3.63, 3.8) is 0 Å².